The van der Waals surface area contributed by atoms with Gasteiger partial charge in [0.2, 0.25) is 0 Å². The average Bonchev–Trinajstić information content (AvgIpc) is 3.22. The molecule has 0 atom stereocenters. The van der Waals surface area contributed by atoms with Crippen molar-refractivity contribution in [3.8, 4) is 0 Å². The Morgan fingerprint density at radius 2 is 0.696 bits per heavy atom. The summed E-state index contributed by atoms with van der Waals surface area (Å²) in [5, 5.41) is 0. The van der Waals surface area contributed by atoms with Gasteiger partial charge in [0.15, 0.2) is 0 Å². The van der Waals surface area contributed by atoms with E-state index in [2.05, 4.69) is 90.1 Å². The molecular weight excluding hydrogens is 677 g/mol. The van der Waals surface area contributed by atoms with E-state index >= 15 is 0 Å². The van der Waals surface area contributed by atoms with Crippen LogP contribution in [0.1, 0.15) is 244 Å². The molecule has 2 aromatic rings. The first-order valence-electron chi connectivity index (χ1n) is 24.6. The molecule has 56 heavy (non-hydrogen) atoms. The quantitative estimate of drug-likeness (QED) is 0.0487. The molecule has 0 aromatic heterocycles. The second kappa shape index (κ2) is 34.6. The molecule has 0 unspecified atom stereocenters. The minimum Gasteiger partial charge on any atom is -0.251 e. The normalized spacial score (nSPS) is 12.4. The zero-order chi connectivity index (χ0) is 40.3. The van der Waals surface area contributed by atoms with Gasteiger partial charge in [-0.25, -0.2) is 4.99 Å². The average molecular weight is 767 g/mol. The predicted octanol–water partition coefficient (Wildman–Crippen LogP) is 18.3. The van der Waals surface area contributed by atoms with E-state index in [0.29, 0.717) is 0 Å². The van der Waals surface area contributed by atoms with E-state index < -0.39 is 0 Å². The maximum Gasteiger partial charge on any atom is 0.0848 e. The second-order valence-corrected chi connectivity index (χ2v) is 16.9. The van der Waals surface area contributed by atoms with Gasteiger partial charge in [-0.1, -0.05) is 214 Å². The number of rotatable bonds is 36. The third-order valence-electron chi connectivity index (χ3n) is 11.8. The van der Waals surface area contributed by atoms with Gasteiger partial charge in [0.05, 0.1) is 22.8 Å². The zero-order valence-corrected chi connectivity index (χ0v) is 38.1. The van der Waals surface area contributed by atoms with Crippen molar-refractivity contribution in [1.29, 1.82) is 0 Å². The Kier molecular flexibility index (Phi) is 30.6. The fraction of sp³-hybridized carbons (Fsp3) is 0.704. The van der Waals surface area contributed by atoms with E-state index in [9.17, 15) is 0 Å². The lowest BCUT2D eigenvalue weighted by Crippen LogP contribution is -2.12. The highest BCUT2D eigenvalue weighted by molar-refractivity contribution is 6.47. The Hall–Kier alpha value is -2.48. The molecule has 0 fully saturated rings. The Bertz CT molecular complexity index is 1290. The highest BCUT2D eigenvalue weighted by Gasteiger charge is 2.11. The van der Waals surface area contributed by atoms with Crippen LogP contribution in [0, 0.1) is 0 Å². The van der Waals surface area contributed by atoms with E-state index in [1.165, 1.54) is 183 Å². The van der Waals surface area contributed by atoms with Crippen LogP contribution in [-0.2, 0) is 25.7 Å². The molecular formula is C54H90N2. The summed E-state index contributed by atoms with van der Waals surface area (Å²) >= 11 is 0. The zero-order valence-electron chi connectivity index (χ0n) is 38.1. The number of unbranched alkanes of at least 4 members (excludes halogenated alkanes) is 25. The van der Waals surface area contributed by atoms with Gasteiger partial charge in [0.25, 0.3) is 0 Å². The molecule has 2 heteroatoms. The number of hydrogen-bond donors (Lipinski definition) is 0. The van der Waals surface area contributed by atoms with Gasteiger partial charge in [-0.15, -0.1) is 0 Å². The van der Waals surface area contributed by atoms with Crippen molar-refractivity contribution >= 4 is 22.8 Å². The van der Waals surface area contributed by atoms with Crippen molar-refractivity contribution in [1.82, 2.24) is 0 Å². The molecule has 0 saturated heterocycles. The van der Waals surface area contributed by atoms with Gasteiger partial charge >= 0.3 is 0 Å². The van der Waals surface area contributed by atoms with E-state index in [-0.39, 0.29) is 0 Å². The molecule has 0 aliphatic carbocycles. The van der Waals surface area contributed by atoms with E-state index in [1.54, 1.807) is 0 Å². The lowest BCUT2D eigenvalue weighted by atomic mass is 10.0. The van der Waals surface area contributed by atoms with Crippen LogP contribution >= 0.6 is 0 Å². The molecule has 2 aromatic carbocycles. The third kappa shape index (κ3) is 24.3. The number of aryl methyl sites for hydroxylation is 4. The van der Waals surface area contributed by atoms with Crippen LogP contribution in [0.5, 0.6) is 0 Å². The predicted molar refractivity (Wildman–Crippen MR) is 254 cm³/mol. The van der Waals surface area contributed by atoms with Crippen molar-refractivity contribution in [3.05, 3.63) is 70.8 Å². The molecule has 2 rings (SSSR count). The van der Waals surface area contributed by atoms with E-state index in [0.717, 1.165) is 67.7 Å². The molecule has 0 aliphatic heterocycles. The molecule has 0 aliphatic rings. The number of allylic oxidation sites excluding steroid dienone is 2. The van der Waals surface area contributed by atoms with Crippen LogP contribution < -0.4 is 0 Å². The molecule has 316 valence electrons. The third-order valence-corrected chi connectivity index (χ3v) is 11.8. The van der Waals surface area contributed by atoms with Crippen molar-refractivity contribution in [3.63, 3.8) is 0 Å². The summed E-state index contributed by atoms with van der Waals surface area (Å²) in [5.74, 6) is 0. The van der Waals surface area contributed by atoms with Crippen molar-refractivity contribution in [2.45, 2.75) is 247 Å². The standard InChI is InChI=1S/C54H90N2/c1-7-13-15-17-19-20-21-22-23-24-25-26-27-28-29-30-31-32-33-34-36-38-40-54(56-52-45-49(11-5)42-50(12-6)46-52)53(39-37-35-18-16-14-8-2)55-51-43-47(9-3)41-48(10-4)44-51/h38,40-46H,7-37,39H2,1-6H3/b40-38+,55-53?,56-54?. The number of hydrogen-bond acceptors (Lipinski definition) is 2. The van der Waals surface area contributed by atoms with Gasteiger partial charge in [-0.3, -0.25) is 4.99 Å². The Labute approximate surface area is 349 Å². The number of benzene rings is 2. The maximum absolute atomic E-state index is 5.43. The first-order valence-corrected chi connectivity index (χ1v) is 24.6. The van der Waals surface area contributed by atoms with Gasteiger partial charge in [-0.2, -0.15) is 0 Å². The smallest absolute Gasteiger partial charge is 0.0848 e. The van der Waals surface area contributed by atoms with Gasteiger partial charge in [-0.05, 0) is 104 Å². The fourth-order valence-electron chi connectivity index (χ4n) is 7.95. The number of nitrogens with zero attached hydrogens (tertiary/aromatic N) is 2. The summed E-state index contributed by atoms with van der Waals surface area (Å²) < 4.78 is 0. The maximum atomic E-state index is 5.43. The van der Waals surface area contributed by atoms with Crippen LogP contribution in [0.15, 0.2) is 58.5 Å². The topological polar surface area (TPSA) is 24.7 Å². The molecule has 2 nitrogen and oxygen atoms in total. The Morgan fingerprint density at radius 1 is 0.375 bits per heavy atom. The lowest BCUT2D eigenvalue weighted by Gasteiger charge is -2.11. The van der Waals surface area contributed by atoms with Crippen molar-refractivity contribution in [2.24, 2.45) is 9.98 Å². The fourth-order valence-corrected chi connectivity index (χ4v) is 7.95. The Morgan fingerprint density at radius 3 is 1.05 bits per heavy atom. The van der Waals surface area contributed by atoms with E-state index in [4.69, 9.17) is 9.98 Å². The second-order valence-electron chi connectivity index (χ2n) is 16.9. The van der Waals surface area contributed by atoms with Crippen molar-refractivity contribution in [2.75, 3.05) is 0 Å². The van der Waals surface area contributed by atoms with Crippen LogP contribution in [-0.4, -0.2) is 11.4 Å². The summed E-state index contributed by atoms with van der Waals surface area (Å²) in [5.41, 5.74) is 9.86. The van der Waals surface area contributed by atoms with Crippen molar-refractivity contribution < 1.29 is 0 Å². The van der Waals surface area contributed by atoms with Gasteiger partial charge in [0.1, 0.15) is 0 Å². The molecule has 0 amide bonds. The van der Waals surface area contributed by atoms with Gasteiger partial charge < -0.3 is 0 Å². The minimum absolute atomic E-state index is 0.973. The monoisotopic (exact) mass is 767 g/mol. The number of aliphatic imine (C=N–C) groups is 2. The first-order chi connectivity index (χ1) is 27.6. The summed E-state index contributed by atoms with van der Waals surface area (Å²) in [4.78, 5) is 10.8. The summed E-state index contributed by atoms with van der Waals surface area (Å²) in [7, 11) is 0. The summed E-state index contributed by atoms with van der Waals surface area (Å²) in [6.07, 6.45) is 47.1. The van der Waals surface area contributed by atoms with Crippen LogP contribution in [0.2, 0.25) is 0 Å². The molecule has 0 N–H and O–H groups in total. The summed E-state index contributed by atoms with van der Waals surface area (Å²) in [6, 6.07) is 13.9. The van der Waals surface area contributed by atoms with Crippen LogP contribution in [0.4, 0.5) is 11.4 Å². The molecule has 0 radical (unpaired) electrons. The highest BCUT2D eigenvalue weighted by Crippen LogP contribution is 2.24. The molecule has 0 heterocycles. The SMILES string of the molecule is CCCCCCCCCCCCCCCCCCCCCC/C=C/C(=Nc1cc(CC)cc(CC)c1)C(CCCCCCCC)=Nc1cc(CC)cc(CC)c1. The molecule has 0 saturated carbocycles. The molecule has 0 bridgehead atoms. The van der Waals surface area contributed by atoms with Crippen LogP contribution in [0.25, 0.3) is 0 Å². The van der Waals surface area contributed by atoms with E-state index in [1.807, 2.05) is 0 Å². The molecule has 0 spiro atoms. The first kappa shape index (κ1) is 49.7. The lowest BCUT2D eigenvalue weighted by molar-refractivity contribution is 0.522. The van der Waals surface area contributed by atoms with Gasteiger partial charge in [0, 0.05) is 0 Å². The largest absolute Gasteiger partial charge is 0.251 e. The minimum atomic E-state index is 0.973. The summed E-state index contributed by atoms with van der Waals surface area (Å²) in [6.45, 7) is 13.6. The highest BCUT2D eigenvalue weighted by atomic mass is 14.8. The Balaban J connectivity index is 1.92. The van der Waals surface area contributed by atoms with Crippen LogP contribution in [0.3, 0.4) is 0 Å².